The van der Waals surface area contributed by atoms with Gasteiger partial charge < -0.3 is 10.6 Å². The van der Waals surface area contributed by atoms with E-state index in [1.807, 2.05) is 0 Å². The van der Waals surface area contributed by atoms with E-state index >= 15 is 0 Å². The number of amides is 2. The summed E-state index contributed by atoms with van der Waals surface area (Å²) in [7, 11) is -2.55. The van der Waals surface area contributed by atoms with Gasteiger partial charge in [-0.05, 0) is 67.1 Å². The molecule has 0 saturated carbocycles. The van der Waals surface area contributed by atoms with Gasteiger partial charge in [0.2, 0.25) is 0 Å². The van der Waals surface area contributed by atoms with Crippen LogP contribution >= 0.6 is 11.6 Å². The summed E-state index contributed by atoms with van der Waals surface area (Å²) < 4.78 is 40.6. The van der Waals surface area contributed by atoms with E-state index in [0.717, 1.165) is 24.3 Å². The number of carbonyl (C=O) groups is 2. The molecule has 0 spiro atoms. The predicted octanol–water partition coefficient (Wildman–Crippen LogP) is 4.20. The molecule has 0 aliphatic rings. The normalized spacial score (nSPS) is 11.0. The summed E-state index contributed by atoms with van der Waals surface area (Å²) in [5, 5.41) is 5.32. The zero-order valence-electron chi connectivity index (χ0n) is 17.1. The highest BCUT2D eigenvalue weighted by Gasteiger charge is 2.18. The fourth-order valence-corrected chi connectivity index (χ4v) is 4.20. The highest BCUT2D eigenvalue weighted by molar-refractivity contribution is 7.92. The number of benzene rings is 3. The summed E-state index contributed by atoms with van der Waals surface area (Å²) in [6, 6.07) is 13.3. The van der Waals surface area contributed by atoms with Crippen LogP contribution in [-0.2, 0) is 10.0 Å². The lowest BCUT2D eigenvalue weighted by molar-refractivity contribution is 0.0960. The van der Waals surface area contributed by atoms with Crippen LogP contribution in [0.5, 0.6) is 0 Å². The number of hydrogen-bond acceptors (Lipinski definition) is 4. The second kappa shape index (κ2) is 9.37. The number of halogens is 2. The average Bonchev–Trinajstić information content (AvgIpc) is 2.76. The van der Waals surface area contributed by atoms with Crippen LogP contribution in [0.4, 0.5) is 15.8 Å². The summed E-state index contributed by atoms with van der Waals surface area (Å²) in [4.78, 5) is 24.6. The van der Waals surface area contributed by atoms with Crippen molar-refractivity contribution in [2.24, 2.45) is 0 Å². The van der Waals surface area contributed by atoms with Crippen LogP contribution in [0.2, 0.25) is 5.02 Å². The van der Waals surface area contributed by atoms with Gasteiger partial charge in [0.15, 0.2) is 0 Å². The standard InChI is InChI=1S/C22H19ClFN3O4S/c1-13-17(22(29)25-2)4-3-5-19(13)26-21(28)14-6-11-18(23)20(12-14)27-32(30,31)16-9-7-15(24)8-10-16/h3-12,27H,1-2H3,(H,25,29)(H,26,28). The Balaban J connectivity index is 1.86. The van der Waals surface area contributed by atoms with Crippen LogP contribution in [0.15, 0.2) is 65.6 Å². The Morgan fingerprint density at radius 3 is 2.28 bits per heavy atom. The van der Waals surface area contributed by atoms with Crippen molar-refractivity contribution in [3.05, 3.63) is 88.2 Å². The second-order valence-electron chi connectivity index (χ2n) is 6.77. The van der Waals surface area contributed by atoms with Gasteiger partial charge in [0.05, 0.1) is 15.6 Å². The van der Waals surface area contributed by atoms with Gasteiger partial charge in [-0.25, -0.2) is 12.8 Å². The maximum absolute atomic E-state index is 13.1. The number of anilines is 2. The number of nitrogens with one attached hydrogen (secondary N) is 3. The zero-order chi connectivity index (χ0) is 23.5. The number of hydrogen-bond donors (Lipinski definition) is 3. The van der Waals surface area contributed by atoms with Crippen molar-refractivity contribution in [3.8, 4) is 0 Å². The first-order valence-electron chi connectivity index (χ1n) is 9.33. The molecule has 0 radical (unpaired) electrons. The average molecular weight is 476 g/mol. The van der Waals surface area contributed by atoms with Gasteiger partial charge in [0.25, 0.3) is 21.8 Å². The Bertz CT molecular complexity index is 1300. The minimum Gasteiger partial charge on any atom is -0.355 e. The molecule has 0 heterocycles. The monoisotopic (exact) mass is 475 g/mol. The molecule has 0 atom stereocenters. The van der Waals surface area contributed by atoms with E-state index in [0.29, 0.717) is 16.8 Å². The van der Waals surface area contributed by atoms with Crippen LogP contribution in [0.3, 0.4) is 0 Å². The lowest BCUT2D eigenvalue weighted by Gasteiger charge is -2.14. The molecule has 7 nitrogen and oxygen atoms in total. The lowest BCUT2D eigenvalue weighted by Crippen LogP contribution is -2.20. The predicted molar refractivity (Wildman–Crippen MR) is 121 cm³/mol. The van der Waals surface area contributed by atoms with E-state index in [1.165, 1.54) is 25.2 Å². The van der Waals surface area contributed by atoms with Gasteiger partial charge in [-0.3, -0.25) is 14.3 Å². The molecule has 10 heteroatoms. The molecular formula is C22H19ClFN3O4S. The van der Waals surface area contributed by atoms with E-state index in [9.17, 15) is 22.4 Å². The van der Waals surface area contributed by atoms with Gasteiger partial charge >= 0.3 is 0 Å². The SMILES string of the molecule is CNC(=O)c1cccc(NC(=O)c2ccc(Cl)c(NS(=O)(=O)c3ccc(F)cc3)c2)c1C. The molecule has 0 aliphatic heterocycles. The van der Waals surface area contributed by atoms with Gasteiger partial charge in [0, 0.05) is 23.9 Å². The molecule has 166 valence electrons. The van der Waals surface area contributed by atoms with Gasteiger partial charge in [-0.15, -0.1) is 0 Å². The zero-order valence-corrected chi connectivity index (χ0v) is 18.6. The molecule has 0 bridgehead atoms. The molecule has 0 fully saturated rings. The van der Waals surface area contributed by atoms with E-state index in [4.69, 9.17) is 11.6 Å². The largest absolute Gasteiger partial charge is 0.355 e. The number of rotatable bonds is 6. The second-order valence-corrected chi connectivity index (χ2v) is 8.86. The van der Waals surface area contributed by atoms with E-state index in [2.05, 4.69) is 15.4 Å². The molecule has 0 aliphatic carbocycles. The van der Waals surface area contributed by atoms with Crippen LogP contribution in [0.25, 0.3) is 0 Å². The lowest BCUT2D eigenvalue weighted by atomic mass is 10.1. The first-order chi connectivity index (χ1) is 15.1. The smallest absolute Gasteiger partial charge is 0.261 e. The van der Waals surface area contributed by atoms with Crippen LogP contribution in [-0.4, -0.2) is 27.3 Å². The number of carbonyl (C=O) groups excluding carboxylic acids is 2. The van der Waals surface area contributed by atoms with Gasteiger partial charge in [-0.1, -0.05) is 17.7 Å². The Labute approximate surface area is 189 Å². The Morgan fingerprint density at radius 1 is 0.938 bits per heavy atom. The molecule has 0 saturated heterocycles. The molecule has 0 aromatic heterocycles. The van der Waals surface area contributed by atoms with Crippen LogP contribution in [0.1, 0.15) is 26.3 Å². The van der Waals surface area contributed by atoms with Crippen molar-refractivity contribution in [2.45, 2.75) is 11.8 Å². The summed E-state index contributed by atoms with van der Waals surface area (Å²) in [5.41, 5.74) is 1.54. The number of sulfonamides is 1. The van der Waals surface area contributed by atoms with Crippen molar-refractivity contribution in [2.75, 3.05) is 17.1 Å². The summed E-state index contributed by atoms with van der Waals surface area (Å²) in [5.74, 6) is -1.39. The Hall–Kier alpha value is -3.43. The molecule has 3 aromatic carbocycles. The van der Waals surface area contributed by atoms with E-state index in [1.54, 1.807) is 25.1 Å². The summed E-state index contributed by atoms with van der Waals surface area (Å²) >= 11 is 6.11. The van der Waals surface area contributed by atoms with Crippen LogP contribution in [0, 0.1) is 12.7 Å². The highest BCUT2D eigenvalue weighted by Crippen LogP contribution is 2.27. The highest BCUT2D eigenvalue weighted by atomic mass is 35.5. The quantitative estimate of drug-likeness (QED) is 0.497. The van der Waals surface area contributed by atoms with E-state index in [-0.39, 0.29) is 27.1 Å². The molecule has 3 N–H and O–H groups in total. The third-order valence-electron chi connectivity index (χ3n) is 4.65. The molecule has 3 aromatic rings. The van der Waals surface area contributed by atoms with Crippen molar-refractivity contribution in [3.63, 3.8) is 0 Å². The third kappa shape index (κ3) is 5.06. The molecular weight excluding hydrogens is 457 g/mol. The fourth-order valence-electron chi connectivity index (χ4n) is 2.91. The van der Waals surface area contributed by atoms with Crippen molar-refractivity contribution in [1.29, 1.82) is 0 Å². The van der Waals surface area contributed by atoms with Crippen molar-refractivity contribution < 1.29 is 22.4 Å². The molecule has 2 amide bonds. The Morgan fingerprint density at radius 2 is 1.62 bits per heavy atom. The Kier molecular flexibility index (Phi) is 6.81. The van der Waals surface area contributed by atoms with Crippen molar-refractivity contribution in [1.82, 2.24) is 5.32 Å². The summed E-state index contributed by atoms with van der Waals surface area (Å²) in [6.07, 6.45) is 0. The molecule has 32 heavy (non-hydrogen) atoms. The minimum absolute atomic E-state index is 0.0144. The first-order valence-corrected chi connectivity index (χ1v) is 11.2. The topological polar surface area (TPSA) is 104 Å². The maximum atomic E-state index is 13.1. The molecule has 0 unspecified atom stereocenters. The van der Waals surface area contributed by atoms with Crippen molar-refractivity contribution >= 4 is 44.8 Å². The molecule has 3 rings (SSSR count). The van der Waals surface area contributed by atoms with Gasteiger partial charge in [0.1, 0.15) is 5.82 Å². The van der Waals surface area contributed by atoms with Gasteiger partial charge in [-0.2, -0.15) is 0 Å². The maximum Gasteiger partial charge on any atom is 0.261 e. The van der Waals surface area contributed by atoms with Crippen LogP contribution < -0.4 is 15.4 Å². The van der Waals surface area contributed by atoms with E-state index < -0.39 is 21.7 Å². The summed E-state index contributed by atoms with van der Waals surface area (Å²) in [6.45, 7) is 1.70. The minimum atomic E-state index is -4.06. The fraction of sp³-hybridized carbons (Fsp3) is 0.0909. The first kappa shape index (κ1) is 23.2. The third-order valence-corrected chi connectivity index (χ3v) is 6.36.